The number of carbonyl (C=O) groups excluding carboxylic acids is 1. The van der Waals surface area contributed by atoms with Crippen LogP contribution < -0.4 is 0 Å². The van der Waals surface area contributed by atoms with Gasteiger partial charge < -0.3 is 14.7 Å². The highest BCUT2D eigenvalue weighted by molar-refractivity contribution is 7.17. The average molecular weight is 316 g/mol. The van der Waals surface area contributed by atoms with E-state index in [4.69, 9.17) is 21.4 Å². The molecule has 0 spiro atoms. The zero-order valence-corrected chi connectivity index (χ0v) is 12.2. The topological polar surface area (TPSA) is 66.8 Å². The molecule has 5 nitrogen and oxygen atoms in total. The Labute approximate surface area is 125 Å². The van der Waals surface area contributed by atoms with Crippen LogP contribution in [0.3, 0.4) is 0 Å². The van der Waals surface area contributed by atoms with E-state index < -0.39 is 12.1 Å². The minimum absolute atomic E-state index is 0.0893. The summed E-state index contributed by atoms with van der Waals surface area (Å²) in [5.41, 5.74) is 0. The molecule has 1 amide bonds. The van der Waals surface area contributed by atoms with Crippen molar-refractivity contribution in [2.45, 2.75) is 12.5 Å². The Hall–Kier alpha value is -1.37. The summed E-state index contributed by atoms with van der Waals surface area (Å²) in [6, 6.07) is 3.61. The number of aliphatic carboxylic acids is 1. The molecular formula is C13H14ClNO4S. The summed E-state index contributed by atoms with van der Waals surface area (Å²) >= 11 is 7.20. The van der Waals surface area contributed by atoms with Crippen molar-refractivity contribution < 1.29 is 19.4 Å². The first-order valence-electron chi connectivity index (χ1n) is 6.10. The molecular weight excluding hydrogens is 302 g/mol. The number of ether oxygens (including phenoxy) is 1. The van der Waals surface area contributed by atoms with Gasteiger partial charge in [-0.3, -0.25) is 9.59 Å². The number of rotatable bonds is 4. The van der Waals surface area contributed by atoms with Gasteiger partial charge in [0.1, 0.15) is 0 Å². The van der Waals surface area contributed by atoms with Crippen LogP contribution in [0.2, 0.25) is 4.34 Å². The van der Waals surface area contributed by atoms with Gasteiger partial charge in [-0.2, -0.15) is 0 Å². The number of hydrogen-bond donors (Lipinski definition) is 1. The number of thiophene rings is 1. The zero-order valence-electron chi connectivity index (χ0n) is 10.6. The second kappa shape index (κ2) is 6.88. The van der Waals surface area contributed by atoms with Gasteiger partial charge in [-0.1, -0.05) is 11.6 Å². The molecule has 108 valence electrons. The van der Waals surface area contributed by atoms with Crippen molar-refractivity contribution in [1.82, 2.24) is 4.90 Å². The van der Waals surface area contributed by atoms with E-state index in [-0.39, 0.29) is 12.3 Å². The van der Waals surface area contributed by atoms with Crippen LogP contribution in [-0.2, 0) is 14.3 Å². The van der Waals surface area contributed by atoms with Gasteiger partial charge in [-0.05, 0) is 18.2 Å². The highest BCUT2D eigenvalue weighted by Crippen LogP contribution is 2.22. The first kappa shape index (κ1) is 15.0. The van der Waals surface area contributed by atoms with Gasteiger partial charge in [0.25, 0.3) is 0 Å². The third-order valence-corrected chi connectivity index (χ3v) is 4.03. The molecule has 20 heavy (non-hydrogen) atoms. The number of carbonyl (C=O) groups is 2. The maximum atomic E-state index is 12.0. The van der Waals surface area contributed by atoms with E-state index in [0.717, 1.165) is 4.88 Å². The van der Waals surface area contributed by atoms with Crippen LogP contribution in [0.1, 0.15) is 11.3 Å². The molecule has 0 saturated carbocycles. The Morgan fingerprint density at radius 3 is 3.00 bits per heavy atom. The van der Waals surface area contributed by atoms with Crippen molar-refractivity contribution in [3.63, 3.8) is 0 Å². The first-order valence-corrected chi connectivity index (χ1v) is 7.30. The third kappa shape index (κ3) is 4.33. The normalized spacial score (nSPS) is 19.4. The number of carboxylic acids is 1. The molecule has 1 saturated heterocycles. The lowest BCUT2D eigenvalue weighted by atomic mass is 10.2. The summed E-state index contributed by atoms with van der Waals surface area (Å²) in [5.74, 6) is -1.07. The number of morpholine rings is 1. The molecule has 0 unspecified atom stereocenters. The zero-order chi connectivity index (χ0) is 14.5. The van der Waals surface area contributed by atoms with E-state index in [9.17, 15) is 9.59 Å². The summed E-state index contributed by atoms with van der Waals surface area (Å²) in [7, 11) is 0. The maximum Gasteiger partial charge on any atom is 0.306 e. The Bertz CT molecular complexity index is 528. The fraction of sp³-hybridized carbons (Fsp3) is 0.385. The molecule has 2 rings (SSSR count). The molecule has 0 radical (unpaired) electrons. The van der Waals surface area contributed by atoms with Gasteiger partial charge in [0.15, 0.2) is 0 Å². The fourth-order valence-corrected chi connectivity index (χ4v) is 2.88. The molecule has 1 aliphatic rings. The summed E-state index contributed by atoms with van der Waals surface area (Å²) in [5, 5.41) is 8.74. The Morgan fingerprint density at radius 2 is 2.35 bits per heavy atom. The molecule has 1 aromatic heterocycles. The predicted octanol–water partition coefficient (Wildman–Crippen LogP) is 2.12. The van der Waals surface area contributed by atoms with Crippen molar-refractivity contribution in [2.24, 2.45) is 0 Å². The van der Waals surface area contributed by atoms with Crippen LogP contribution >= 0.6 is 22.9 Å². The van der Waals surface area contributed by atoms with Crippen LogP contribution in [0.25, 0.3) is 6.08 Å². The van der Waals surface area contributed by atoms with Crippen LogP contribution in [0.5, 0.6) is 0 Å². The van der Waals surface area contributed by atoms with E-state index in [1.54, 1.807) is 17.0 Å². The standard InChI is InChI=1S/C13H14ClNO4S/c14-11-3-1-10(20-11)2-4-12(16)15-5-6-19-9(8-15)7-13(17)18/h1-4,9H,5-8H2,(H,17,18)/b4-2+/t9-/m0/s1. The van der Waals surface area contributed by atoms with Crippen LogP contribution in [-0.4, -0.2) is 47.7 Å². The maximum absolute atomic E-state index is 12.0. The lowest BCUT2D eigenvalue weighted by Crippen LogP contribution is -2.45. The fourth-order valence-electron chi connectivity index (χ4n) is 1.91. The summed E-state index contributed by atoms with van der Waals surface area (Å²) in [6.07, 6.45) is 2.66. The highest BCUT2D eigenvalue weighted by Gasteiger charge is 2.24. The van der Waals surface area contributed by atoms with Crippen molar-refractivity contribution in [1.29, 1.82) is 0 Å². The second-order valence-corrected chi connectivity index (χ2v) is 6.10. The van der Waals surface area contributed by atoms with E-state index in [1.165, 1.54) is 17.4 Å². The van der Waals surface area contributed by atoms with Gasteiger partial charge in [0, 0.05) is 24.0 Å². The predicted molar refractivity (Wildman–Crippen MR) is 76.9 cm³/mol. The van der Waals surface area contributed by atoms with Gasteiger partial charge in [0.2, 0.25) is 5.91 Å². The van der Waals surface area contributed by atoms with E-state index in [1.807, 2.05) is 6.07 Å². The molecule has 0 aliphatic carbocycles. The number of nitrogens with zero attached hydrogens (tertiary/aromatic N) is 1. The molecule has 1 fully saturated rings. The SMILES string of the molecule is O=C(O)C[C@H]1CN(C(=O)/C=C/c2ccc(Cl)s2)CCO1. The van der Waals surface area contributed by atoms with Crippen molar-refractivity contribution in [3.8, 4) is 0 Å². The number of carboxylic acid groups (broad SMARTS) is 1. The minimum atomic E-state index is -0.923. The van der Waals surface area contributed by atoms with Gasteiger partial charge in [0.05, 0.1) is 23.5 Å². The van der Waals surface area contributed by atoms with Crippen LogP contribution in [0.15, 0.2) is 18.2 Å². The van der Waals surface area contributed by atoms with E-state index in [0.29, 0.717) is 24.0 Å². The second-order valence-electron chi connectivity index (χ2n) is 4.35. The molecule has 1 N–H and O–H groups in total. The highest BCUT2D eigenvalue weighted by atomic mass is 35.5. The summed E-state index contributed by atoms with van der Waals surface area (Å²) in [6.45, 7) is 1.15. The number of halogens is 1. The average Bonchev–Trinajstić information content (AvgIpc) is 2.81. The summed E-state index contributed by atoms with van der Waals surface area (Å²) in [4.78, 5) is 25.2. The molecule has 1 aromatic rings. The Balaban J connectivity index is 1.91. The Morgan fingerprint density at radius 1 is 1.55 bits per heavy atom. The van der Waals surface area contributed by atoms with Gasteiger partial charge in [-0.15, -0.1) is 11.3 Å². The monoisotopic (exact) mass is 315 g/mol. The van der Waals surface area contributed by atoms with Gasteiger partial charge >= 0.3 is 5.97 Å². The van der Waals surface area contributed by atoms with Gasteiger partial charge in [-0.25, -0.2) is 0 Å². The molecule has 2 heterocycles. The minimum Gasteiger partial charge on any atom is -0.481 e. The van der Waals surface area contributed by atoms with Crippen LogP contribution in [0, 0.1) is 0 Å². The van der Waals surface area contributed by atoms with Crippen molar-refractivity contribution in [2.75, 3.05) is 19.7 Å². The smallest absolute Gasteiger partial charge is 0.306 e. The van der Waals surface area contributed by atoms with E-state index in [2.05, 4.69) is 0 Å². The molecule has 1 atom stereocenters. The van der Waals surface area contributed by atoms with Crippen LogP contribution in [0.4, 0.5) is 0 Å². The van der Waals surface area contributed by atoms with Crippen molar-refractivity contribution >= 4 is 40.9 Å². The van der Waals surface area contributed by atoms with Crippen molar-refractivity contribution in [3.05, 3.63) is 27.4 Å². The lowest BCUT2D eigenvalue weighted by Gasteiger charge is -2.31. The first-order chi connectivity index (χ1) is 9.54. The third-order valence-electron chi connectivity index (χ3n) is 2.84. The Kier molecular flexibility index (Phi) is 5.17. The quantitative estimate of drug-likeness (QED) is 0.864. The lowest BCUT2D eigenvalue weighted by molar-refractivity contribution is -0.145. The molecule has 1 aliphatic heterocycles. The largest absolute Gasteiger partial charge is 0.481 e. The molecule has 0 bridgehead atoms. The number of hydrogen-bond acceptors (Lipinski definition) is 4. The number of amides is 1. The van der Waals surface area contributed by atoms with E-state index >= 15 is 0 Å². The molecule has 7 heteroatoms. The summed E-state index contributed by atoms with van der Waals surface area (Å²) < 4.78 is 5.99. The molecule has 0 aromatic carbocycles.